The number of hydrogen-bond acceptors (Lipinski definition) is 7. The second-order valence-corrected chi connectivity index (χ2v) is 9.77. The van der Waals surface area contributed by atoms with Crippen molar-refractivity contribution in [2.45, 2.75) is 70.4 Å². The van der Waals surface area contributed by atoms with Crippen molar-refractivity contribution < 1.29 is 28.2 Å². The van der Waals surface area contributed by atoms with Crippen LogP contribution in [-0.2, 0) is 0 Å². The second-order valence-electron chi connectivity index (χ2n) is 9.77. The van der Waals surface area contributed by atoms with Crippen LogP contribution in [0.15, 0.2) is 39.5 Å². The van der Waals surface area contributed by atoms with E-state index in [1.165, 1.54) is 24.6 Å². The number of likely N-dealkylation sites (tertiary alicyclic amines) is 1. The first-order valence-corrected chi connectivity index (χ1v) is 12.5. The van der Waals surface area contributed by atoms with Gasteiger partial charge in [0.1, 0.15) is 11.7 Å². The quantitative estimate of drug-likeness (QED) is 0.583. The van der Waals surface area contributed by atoms with Crippen LogP contribution >= 0.6 is 0 Å². The van der Waals surface area contributed by atoms with Crippen LogP contribution in [0.1, 0.15) is 62.2 Å². The Morgan fingerprint density at radius 1 is 1.22 bits per heavy atom. The number of aliphatic hydroxyl groups excluding tert-OH is 1. The fourth-order valence-corrected chi connectivity index (χ4v) is 5.32. The molecule has 5 rings (SSSR count). The van der Waals surface area contributed by atoms with Crippen LogP contribution in [0.3, 0.4) is 0 Å². The Morgan fingerprint density at radius 2 is 2.00 bits per heavy atom. The normalized spacial score (nSPS) is 28.5. The van der Waals surface area contributed by atoms with Gasteiger partial charge in [0.15, 0.2) is 17.7 Å². The van der Waals surface area contributed by atoms with Crippen molar-refractivity contribution in [3.05, 3.63) is 35.0 Å². The maximum atomic E-state index is 13.6. The number of ether oxygens (including phenoxy) is 2. The van der Waals surface area contributed by atoms with Gasteiger partial charge in [-0.1, -0.05) is 25.3 Å². The number of aliphatic hydroxyl groups is 1. The van der Waals surface area contributed by atoms with Gasteiger partial charge in [0.2, 0.25) is 0 Å². The van der Waals surface area contributed by atoms with Crippen LogP contribution in [0.2, 0.25) is 0 Å². The number of rotatable bonds is 3. The number of carbonyl (C=O) groups excluding carboxylic acids is 1. The highest BCUT2D eigenvalue weighted by molar-refractivity contribution is 6.13. The summed E-state index contributed by atoms with van der Waals surface area (Å²) in [6.45, 7) is 2.48. The molecule has 0 bridgehead atoms. The molecular weight excluding hydrogens is 472 g/mol. The van der Waals surface area contributed by atoms with E-state index < -0.39 is 18.4 Å². The highest BCUT2D eigenvalue weighted by Crippen LogP contribution is 2.43. The number of halogens is 2. The largest absolute Gasteiger partial charge is 0.586 e. The molecule has 1 saturated carbocycles. The van der Waals surface area contributed by atoms with Crippen LogP contribution in [-0.4, -0.2) is 59.2 Å². The Morgan fingerprint density at radius 3 is 2.75 bits per heavy atom. The molecule has 1 aliphatic carbocycles. The number of nitrogens with one attached hydrogen (secondary N) is 1. The predicted octanol–water partition coefficient (Wildman–Crippen LogP) is 3.14. The van der Waals surface area contributed by atoms with E-state index in [1.807, 2.05) is 0 Å². The van der Waals surface area contributed by atoms with Crippen molar-refractivity contribution >= 4 is 17.6 Å². The molecule has 194 valence electrons. The molecule has 1 aromatic carbocycles. The monoisotopic (exact) mass is 503 g/mol. The second kappa shape index (κ2) is 9.68. The summed E-state index contributed by atoms with van der Waals surface area (Å²) < 4.78 is 36.3. The molecule has 1 aromatic rings. The number of allylic oxidation sites excluding steroid dienone is 1. The molecule has 2 atom stereocenters. The van der Waals surface area contributed by atoms with Gasteiger partial charge in [-0.3, -0.25) is 9.79 Å². The summed E-state index contributed by atoms with van der Waals surface area (Å²) in [5, 5.41) is 14.1. The predicted molar refractivity (Wildman–Crippen MR) is 129 cm³/mol. The van der Waals surface area contributed by atoms with Crippen LogP contribution in [0.5, 0.6) is 11.5 Å². The number of fused-ring (bicyclic) bond motifs is 1. The molecule has 0 radical (unpaired) electrons. The van der Waals surface area contributed by atoms with Gasteiger partial charge in [0.25, 0.3) is 5.91 Å². The van der Waals surface area contributed by atoms with E-state index in [2.05, 4.69) is 19.8 Å². The standard InChI is InChI=1S/C25H31F2N5O4/c1-14(28)19-22(29-16-8-3-2-4-9-16)30-21(31-23(19)33)15-7-6-12-32(13-15)24(34)17-10-5-11-18-20(17)36-25(26,27)35-18/h5,10-11,15-16,23,33H,2-4,6-9,12-13,28H2,1H3,(H,29,30,31). The van der Waals surface area contributed by atoms with Gasteiger partial charge >= 0.3 is 6.29 Å². The van der Waals surface area contributed by atoms with E-state index in [0.29, 0.717) is 42.5 Å². The van der Waals surface area contributed by atoms with Crippen molar-refractivity contribution in [1.82, 2.24) is 10.2 Å². The van der Waals surface area contributed by atoms with Gasteiger partial charge in [-0.05, 0) is 44.7 Å². The molecule has 0 spiro atoms. The molecule has 36 heavy (non-hydrogen) atoms. The fraction of sp³-hybridized carbons (Fsp3) is 0.560. The zero-order valence-corrected chi connectivity index (χ0v) is 20.2. The maximum Gasteiger partial charge on any atom is 0.586 e. The van der Waals surface area contributed by atoms with Crippen molar-refractivity contribution in [3.63, 3.8) is 0 Å². The van der Waals surface area contributed by atoms with Crippen LogP contribution in [0.4, 0.5) is 8.78 Å². The van der Waals surface area contributed by atoms with Crippen molar-refractivity contribution in [2.75, 3.05) is 13.1 Å². The third-order valence-corrected chi connectivity index (χ3v) is 7.09. The van der Waals surface area contributed by atoms with Gasteiger partial charge in [0, 0.05) is 24.7 Å². The minimum Gasteiger partial charge on any atom is -0.402 e. The van der Waals surface area contributed by atoms with E-state index in [4.69, 9.17) is 10.7 Å². The van der Waals surface area contributed by atoms with E-state index in [1.54, 1.807) is 11.8 Å². The Balaban J connectivity index is 1.36. The van der Waals surface area contributed by atoms with E-state index in [-0.39, 0.29) is 29.0 Å². The first-order valence-electron chi connectivity index (χ1n) is 12.5. The fourth-order valence-electron chi connectivity index (χ4n) is 5.32. The molecule has 2 unspecified atom stereocenters. The summed E-state index contributed by atoms with van der Waals surface area (Å²) in [4.78, 5) is 24.3. The molecule has 9 nitrogen and oxygen atoms in total. The molecule has 3 heterocycles. The number of benzene rings is 1. The van der Waals surface area contributed by atoms with Gasteiger partial charge in [-0.25, -0.2) is 4.99 Å². The lowest BCUT2D eigenvalue weighted by Gasteiger charge is -2.36. The molecule has 0 aromatic heterocycles. The van der Waals surface area contributed by atoms with Gasteiger partial charge in [0.05, 0.1) is 17.2 Å². The number of nitrogens with zero attached hydrogens (tertiary/aromatic N) is 3. The number of alkyl halides is 2. The highest BCUT2D eigenvalue weighted by atomic mass is 19.3. The topological polar surface area (TPSA) is 122 Å². The Labute approximate surface area is 208 Å². The molecule has 2 fully saturated rings. The molecular formula is C25H31F2N5O4. The minimum absolute atomic E-state index is 0.0208. The molecule has 4 N–H and O–H groups in total. The Bertz CT molecular complexity index is 1130. The van der Waals surface area contributed by atoms with Crippen LogP contribution < -0.4 is 20.5 Å². The molecule has 3 aliphatic heterocycles. The minimum atomic E-state index is -3.81. The van der Waals surface area contributed by atoms with Crippen LogP contribution in [0.25, 0.3) is 0 Å². The van der Waals surface area contributed by atoms with E-state index >= 15 is 0 Å². The maximum absolute atomic E-state index is 13.6. The number of amides is 1. The molecule has 1 saturated heterocycles. The average Bonchev–Trinajstić information content (AvgIpc) is 3.17. The average molecular weight is 504 g/mol. The SMILES string of the molecule is CC(N)=C1C(=NC2CCCCC2)NC(C2CCCN(C(=O)c3cccc4c3OC(F)(F)O4)C2)=NC1O. The van der Waals surface area contributed by atoms with Crippen LogP contribution in [0, 0.1) is 5.92 Å². The molecule has 11 heteroatoms. The zero-order chi connectivity index (χ0) is 25.4. The molecule has 1 amide bonds. The number of piperidine rings is 1. The number of para-hydroxylation sites is 1. The highest BCUT2D eigenvalue weighted by Gasteiger charge is 2.46. The smallest absolute Gasteiger partial charge is 0.402 e. The number of hydrogen-bond donors (Lipinski definition) is 3. The van der Waals surface area contributed by atoms with E-state index in [0.717, 1.165) is 32.1 Å². The number of carbonyl (C=O) groups is 1. The first kappa shape index (κ1) is 24.5. The first-order chi connectivity index (χ1) is 17.2. The van der Waals surface area contributed by atoms with Crippen molar-refractivity contribution in [3.8, 4) is 11.5 Å². The lowest BCUT2D eigenvalue weighted by atomic mass is 9.93. The summed E-state index contributed by atoms with van der Waals surface area (Å²) in [7, 11) is 0. The third kappa shape index (κ3) is 4.88. The van der Waals surface area contributed by atoms with Crippen molar-refractivity contribution in [2.24, 2.45) is 21.6 Å². The summed E-state index contributed by atoms with van der Waals surface area (Å²) in [6.07, 6.45) is 1.89. The van der Waals surface area contributed by atoms with Gasteiger partial charge < -0.3 is 30.5 Å². The summed E-state index contributed by atoms with van der Waals surface area (Å²) in [6, 6.07) is 4.43. The van der Waals surface area contributed by atoms with Crippen molar-refractivity contribution in [1.29, 1.82) is 0 Å². The van der Waals surface area contributed by atoms with Gasteiger partial charge in [-0.2, -0.15) is 0 Å². The van der Waals surface area contributed by atoms with E-state index in [9.17, 15) is 18.7 Å². The summed E-state index contributed by atoms with van der Waals surface area (Å²) >= 11 is 0. The number of nitrogens with two attached hydrogens (primary N) is 1. The number of amidine groups is 2. The Kier molecular flexibility index (Phi) is 6.59. The third-order valence-electron chi connectivity index (χ3n) is 7.09. The number of aliphatic imine (C=N–C) groups is 2. The Hall–Kier alpha value is -3.21. The lowest BCUT2D eigenvalue weighted by Crippen LogP contribution is -2.50. The summed E-state index contributed by atoms with van der Waals surface area (Å²) in [5.41, 5.74) is 7.02. The molecule has 4 aliphatic rings. The zero-order valence-electron chi connectivity index (χ0n) is 20.2. The summed E-state index contributed by atoms with van der Waals surface area (Å²) in [5.74, 6) is 0.0443. The van der Waals surface area contributed by atoms with Gasteiger partial charge in [-0.15, -0.1) is 8.78 Å². The lowest BCUT2D eigenvalue weighted by molar-refractivity contribution is -0.286.